The highest BCUT2D eigenvalue weighted by atomic mass is 79.9. The quantitative estimate of drug-likeness (QED) is 0.707. The third kappa shape index (κ3) is 3.09. The maximum Gasteiger partial charge on any atom is 0.133 e. The summed E-state index contributed by atoms with van der Waals surface area (Å²) in [4.78, 5) is 0.238. The topological polar surface area (TPSA) is 18.5 Å². The number of benzene rings is 1. The Labute approximate surface area is 125 Å². The van der Waals surface area contributed by atoms with Gasteiger partial charge in [0.1, 0.15) is 5.75 Å². The molecule has 0 radical (unpaired) electrons. The maximum absolute atomic E-state index is 5.81. The summed E-state index contributed by atoms with van der Waals surface area (Å²) < 4.78 is 12.3. The first-order valence-corrected chi connectivity index (χ1v) is 8.02. The van der Waals surface area contributed by atoms with Gasteiger partial charge >= 0.3 is 0 Å². The second-order valence-corrected chi connectivity index (χ2v) is 6.47. The molecule has 3 atom stereocenters. The fourth-order valence-electron chi connectivity index (χ4n) is 2.24. The zero-order valence-electron chi connectivity index (χ0n) is 10.7. The van der Waals surface area contributed by atoms with Crippen molar-refractivity contribution in [2.24, 2.45) is 5.92 Å². The van der Waals surface area contributed by atoms with Crippen LogP contribution in [0.15, 0.2) is 22.7 Å². The van der Waals surface area contributed by atoms with Gasteiger partial charge in [0.25, 0.3) is 0 Å². The zero-order valence-corrected chi connectivity index (χ0v) is 13.8. The minimum atomic E-state index is 0.238. The molecule has 0 N–H and O–H groups in total. The predicted molar refractivity (Wildman–Crippen MR) is 80.5 cm³/mol. The molecule has 1 heterocycles. The summed E-state index contributed by atoms with van der Waals surface area (Å²) in [6, 6.07) is 6.22. The van der Waals surface area contributed by atoms with Gasteiger partial charge in [-0.3, -0.25) is 0 Å². The highest BCUT2D eigenvalue weighted by Crippen LogP contribution is 2.39. The molecule has 1 aromatic rings. The van der Waals surface area contributed by atoms with Crippen molar-refractivity contribution in [3.05, 3.63) is 28.2 Å². The van der Waals surface area contributed by atoms with Gasteiger partial charge in [-0.1, -0.05) is 28.9 Å². The smallest absolute Gasteiger partial charge is 0.133 e. The van der Waals surface area contributed by atoms with Gasteiger partial charge in [-0.15, -0.1) is 0 Å². The Hall–Kier alpha value is -0.0600. The fraction of sp³-hybridized carbons (Fsp3) is 0.571. The Balaban J connectivity index is 2.15. The van der Waals surface area contributed by atoms with Gasteiger partial charge in [0, 0.05) is 6.61 Å². The molecule has 1 aliphatic rings. The second-order valence-electron chi connectivity index (χ2n) is 4.63. The number of alkyl halides is 1. The summed E-state index contributed by atoms with van der Waals surface area (Å²) in [7, 11) is 0. The maximum atomic E-state index is 5.81. The SMILES string of the molecule is CCOc1ccc(C(Br)C2OCCC2C)cc1Br. The van der Waals surface area contributed by atoms with Gasteiger partial charge in [-0.2, -0.15) is 0 Å². The Kier molecular flexibility index (Phi) is 5.10. The van der Waals surface area contributed by atoms with Gasteiger partial charge in [0.15, 0.2) is 0 Å². The molecular formula is C14H18Br2O2. The molecule has 2 nitrogen and oxygen atoms in total. The molecule has 18 heavy (non-hydrogen) atoms. The Morgan fingerprint density at radius 3 is 2.83 bits per heavy atom. The summed E-state index contributed by atoms with van der Waals surface area (Å²) in [5, 5.41) is 0. The first-order chi connectivity index (χ1) is 8.63. The summed E-state index contributed by atoms with van der Waals surface area (Å²) >= 11 is 7.32. The Morgan fingerprint density at radius 1 is 1.50 bits per heavy atom. The first-order valence-electron chi connectivity index (χ1n) is 6.31. The molecule has 1 aromatic carbocycles. The van der Waals surface area contributed by atoms with Crippen LogP contribution in [0.3, 0.4) is 0 Å². The molecule has 0 saturated carbocycles. The van der Waals surface area contributed by atoms with Crippen molar-refractivity contribution in [2.45, 2.75) is 31.2 Å². The van der Waals surface area contributed by atoms with Crippen LogP contribution in [0.5, 0.6) is 5.75 Å². The number of ether oxygens (including phenoxy) is 2. The molecule has 0 aromatic heterocycles. The molecule has 0 spiro atoms. The summed E-state index contributed by atoms with van der Waals surface area (Å²) in [6.45, 7) is 5.78. The minimum Gasteiger partial charge on any atom is -0.493 e. The fourth-order valence-corrected chi connectivity index (χ4v) is 3.71. The number of hydrogen-bond donors (Lipinski definition) is 0. The van der Waals surface area contributed by atoms with E-state index >= 15 is 0 Å². The van der Waals surface area contributed by atoms with Gasteiger partial charge in [0.05, 0.1) is 22.0 Å². The molecule has 1 saturated heterocycles. The van der Waals surface area contributed by atoms with E-state index in [1.165, 1.54) is 5.56 Å². The Morgan fingerprint density at radius 2 is 2.28 bits per heavy atom. The van der Waals surface area contributed by atoms with Crippen LogP contribution in [0.25, 0.3) is 0 Å². The lowest BCUT2D eigenvalue weighted by molar-refractivity contribution is 0.0935. The summed E-state index contributed by atoms with van der Waals surface area (Å²) in [6.07, 6.45) is 1.40. The van der Waals surface area contributed by atoms with Crippen molar-refractivity contribution in [1.29, 1.82) is 0 Å². The van der Waals surface area contributed by atoms with Gasteiger partial charge in [0.2, 0.25) is 0 Å². The van der Waals surface area contributed by atoms with Crippen LogP contribution in [0.1, 0.15) is 30.7 Å². The van der Waals surface area contributed by atoms with Crippen LogP contribution >= 0.6 is 31.9 Å². The second kappa shape index (κ2) is 6.40. The zero-order chi connectivity index (χ0) is 13.1. The number of rotatable bonds is 4. The normalized spacial score (nSPS) is 25.1. The van der Waals surface area contributed by atoms with Crippen molar-refractivity contribution >= 4 is 31.9 Å². The van der Waals surface area contributed by atoms with E-state index in [4.69, 9.17) is 9.47 Å². The lowest BCUT2D eigenvalue weighted by atomic mass is 9.97. The van der Waals surface area contributed by atoms with Crippen LogP contribution < -0.4 is 4.74 Å². The molecule has 4 heteroatoms. The van der Waals surface area contributed by atoms with Crippen molar-refractivity contribution in [2.75, 3.05) is 13.2 Å². The van der Waals surface area contributed by atoms with E-state index < -0.39 is 0 Å². The average Bonchev–Trinajstić information content (AvgIpc) is 2.77. The summed E-state index contributed by atoms with van der Waals surface area (Å²) in [5.74, 6) is 1.49. The van der Waals surface area contributed by atoms with Crippen LogP contribution in [0, 0.1) is 5.92 Å². The van der Waals surface area contributed by atoms with E-state index in [0.717, 1.165) is 23.2 Å². The van der Waals surface area contributed by atoms with Crippen LogP contribution in [0.4, 0.5) is 0 Å². The third-order valence-corrected chi connectivity index (χ3v) is 4.98. The van der Waals surface area contributed by atoms with Crippen LogP contribution in [-0.4, -0.2) is 19.3 Å². The first kappa shape index (κ1) is 14.4. The standard InChI is InChI=1S/C14H18Br2O2/c1-3-17-12-5-4-10(8-11(12)15)13(16)14-9(2)6-7-18-14/h4-5,8-9,13-14H,3,6-7H2,1-2H3. The highest BCUT2D eigenvalue weighted by molar-refractivity contribution is 9.10. The molecule has 2 rings (SSSR count). The summed E-state index contributed by atoms with van der Waals surface area (Å²) in [5.41, 5.74) is 1.23. The lowest BCUT2D eigenvalue weighted by Crippen LogP contribution is -2.19. The molecular weight excluding hydrogens is 360 g/mol. The van der Waals surface area contributed by atoms with Gasteiger partial charge in [-0.05, 0) is 52.9 Å². The lowest BCUT2D eigenvalue weighted by Gasteiger charge is -2.22. The number of halogens is 2. The molecule has 0 amide bonds. The third-order valence-electron chi connectivity index (χ3n) is 3.31. The average molecular weight is 378 g/mol. The predicted octanol–water partition coefficient (Wildman–Crippen LogP) is 4.71. The largest absolute Gasteiger partial charge is 0.493 e. The molecule has 1 aliphatic heterocycles. The van der Waals surface area contributed by atoms with Crippen molar-refractivity contribution in [3.63, 3.8) is 0 Å². The molecule has 3 unspecified atom stereocenters. The Bertz CT molecular complexity index is 409. The number of hydrogen-bond acceptors (Lipinski definition) is 2. The van der Waals surface area contributed by atoms with Crippen molar-refractivity contribution in [1.82, 2.24) is 0 Å². The van der Waals surface area contributed by atoms with E-state index in [1.807, 2.05) is 13.0 Å². The minimum absolute atomic E-state index is 0.238. The highest BCUT2D eigenvalue weighted by Gasteiger charge is 2.31. The van der Waals surface area contributed by atoms with E-state index in [9.17, 15) is 0 Å². The van der Waals surface area contributed by atoms with Gasteiger partial charge < -0.3 is 9.47 Å². The van der Waals surface area contributed by atoms with Crippen LogP contribution in [-0.2, 0) is 4.74 Å². The molecule has 100 valence electrons. The van der Waals surface area contributed by atoms with Gasteiger partial charge in [-0.25, -0.2) is 0 Å². The van der Waals surface area contributed by atoms with E-state index in [-0.39, 0.29) is 10.9 Å². The van der Waals surface area contributed by atoms with Crippen molar-refractivity contribution < 1.29 is 9.47 Å². The monoisotopic (exact) mass is 376 g/mol. The van der Waals surface area contributed by atoms with Crippen molar-refractivity contribution in [3.8, 4) is 5.75 Å². The molecule has 0 aliphatic carbocycles. The van der Waals surface area contributed by atoms with Crippen LogP contribution in [0.2, 0.25) is 0 Å². The molecule has 1 fully saturated rings. The van der Waals surface area contributed by atoms with E-state index in [0.29, 0.717) is 12.5 Å². The van der Waals surface area contributed by atoms with E-state index in [2.05, 4.69) is 50.9 Å². The molecule has 0 bridgehead atoms. The van der Waals surface area contributed by atoms with E-state index in [1.54, 1.807) is 0 Å².